The van der Waals surface area contributed by atoms with Crippen molar-refractivity contribution >= 4 is 8.05 Å². The highest BCUT2D eigenvalue weighted by Gasteiger charge is 1.65. The Morgan fingerprint density at radius 1 is 2.00 bits per heavy atom. The minimum atomic E-state index is 0.0324. The number of hydrogen-bond acceptors (Lipinski definition) is 2. The number of hydrogen-bond donors (Lipinski definition) is 1. The van der Waals surface area contributed by atoms with Crippen LogP contribution in [0.1, 0.15) is 0 Å². The van der Waals surface area contributed by atoms with Crippen LogP contribution in [0.25, 0.3) is 0 Å². The Bertz CT molecular complexity index is 44.9. The minimum Gasteiger partial charge on any atom is -0.557 e. The summed E-state index contributed by atoms with van der Waals surface area (Å²) < 4.78 is 3.83. The van der Waals surface area contributed by atoms with Gasteiger partial charge in [0.05, 0.1) is 0 Å². The van der Waals surface area contributed by atoms with Crippen molar-refractivity contribution in [3.63, 3.8) is 0 Å². The van der Waals surface area contributed by atoms with Crippen molar-refractivity contribution in [2.45, 2.75) is 0 Å². The first-order chi connectivity index (χ1) is 2.27. The summed E-state index contributed by atoms with van der Waals surface area (Å²) in [7, 11) is 4.45. The van der Waals surface area contributed by atoms with E-state index in [1.54, 1.807) is 0 Å². The molecule has 0 saturated carbocycles. The molecule has 0 saturated heterocycles. The predicted molar refractivity (Wildman–Crippen MR) is 20.2 cm³/mol. The maximum Gasteiger partial charge on any atom is 0.376 e. The second kappa shape index (κ2) is 1.70. The van der Waals surface area contributed by atoms with E-state index in [2.05, 4.69) is 19.3 Å². The molecule has 0 bridgehead atoms. The van der Waals surface area contributed by atoms with E-state index in [0.717, 1.165) is 0 Å². The van der Waals surface area contributed by atoms with Crippen LogP contribution in [0.3, 0.4) is 0 Å². The summed E-state index contributed by atoms with van der Waals surface area (Å²) in [6.07, 6.45) is 0. The van der Waals surface area contributed by atoms with Crippen LogP contribution in [0.4, 0.5) is 0 Å². The third-order valence-electron chi connectivity index (χ3n) is 0.151. The van der Waals surface area contributed by atoms with Crippen LogP contribution in [0.15, 0.2) is 12.5 Å². The predicted octanol–water partition coefficient (Wildman–Crippen LogP) is -0.484. The fraction of sp³-hybridized carbons (Fsp3) is 0. The highest BCUT2D eigenvalue weighted by molar-refractivity contribution is 5.98. The molecule has 0 spiro atoms. The highest BCUT2D eigenvalue weighted by Crippen LogP contribution is 1.67. The second-order valence-electron chi connectivity index (χ2n) is 0.584. The van der Waals surface area contributed by atoms with Gasteiger partial charge in [-0.2, -0.15) is 0 Å². The summed E-state index contributed by atoms with van der Waals surface area (Å²) in [6, 6.07) is 0. The van der Waals surface area contributed by atoms with Crippen molar-refractivity contribution in [3.05, 3.63) is 12.5 Å². The second-order valence-corrected chi connectivity index (χ2v) is 0.584. The average Bonchev–Trinajstić information content (AvgIpc) is 1.38. The molecule has 0 fully saturated rings. The first-order valence-corrected chi connectivity index (χ1v) is 1.08. The molecule has 0 aliphatic carbocycles. The monoisotopic (exact) mass is 69.0 g/mol. The van der Waals surface area contributed by atoms with E-state index in [9.17, 15) is 0 Å². The van der Waals surface area contributed by atoms with Gasteiger partial charge in [-0.25, -0.2) is 0 Å². The zero-order chi connectivity index (χ0) is 4.28. The van der Waals surface area contributed by atoms with Gasteiger partial charge in [-0.1, -0.05) is 0 Å². The maximum atomic E-state index is 4.75. The summed E-state index contributed by atoms with van der Waals surface area (Å²) in [5.74, 6) is 0.0324. The van der Waals surface area contributed by atoms with E-state index >= 15 is 0 Å². The molecule has 2 radical (unpaired) electrons. The van der Waals surface area contributed by atoms with Crippen molar-refractivity contribution in [1.29, 1.82) is 0 Å². The third kappa shape index (κ3) is 3.40. The van der Waals surface area contributed by atoms with Gasteiger partial charge in [0.2, 0.25) is 0 Å². The van der Waals surface area contributed by atoms with E-state index in [1.165, 1.54) is 0 Å². The Morgan fingerprint density at radius 2 is 2.20 bits per heavy atom. The lowest BCUT2D eigenvalue weighted by Crippen LogP contribution is -1.95. The molecule has 0 aromatic rings. The van der Waals surface area contributed by atoms with Crippen LogP contribution >= 0.6 is 0 Å². The number of rotatable bonds is 1. The molecule has 5 heavy (non-hydrogen) atoms. The van der Waals surface area contributed by atoms with E-state index in [-0.39, 0.29) is 5.88 Å². The maximum absolute atomic E-state index is 4.75. The molecule has 0 aliphatic rings. The smallest absolute Gasteiger partial charge is 0.376 e. The zero-order valence-corrected chi connectivity index (χ0v) is 2.77. The molecule has 0 rings (SSSR count). The normalized spacial score (nSPS) is 6.40. The Kier molecular flexibility index (Phi) is 1.50. The molecule has 2 nitrogen and oxygen atoms in total. The van der Waals surface area contributed by atoms with E-state index < -0.39 is 0 Å². The average molecular weight is 68.9 g/mol. The lowest BCUT2D eigenvalue weighted by atomic mass is 10.6. The molecule has 0 aromatic heterocycles. The van der Waals surface area contributed by atoms with Crippen molar-refractivity contribution in [2.75, 3.05) is 0 Å². The molecule has 0 atom stereocenters. The molecule has 0 amide bonds. The van der Waals surface area contributed by atoms with Crippen LogP contribution < -0.4 is 5.73 Å². The molecule has 0 heterocycles. The van der Waals surface area contributed by atoms with Crippen molar-refractivity contribution < 1.29 is 4.65 Å². The summed E-state index contributed by atoms with van der Waals surface area (Å²) in [5, 5.41) is 0. The largest absolute Gasteiger partial charge is 0.557 e. The van der Waals surface area contributed by atoms with E-state index in [1.807, 2.05) is 0 Å². The summed E-state index contributed by atoms with van der Waals surface area (Å²) in [5.41, 5.74) is 4.75. The quantitative estimate of drug-likeness (QED) is 0.333. The van der Waals surface area contributed by atoms with Crippen LogP contribution in [-0.4, -0.2) is 8.05 Å². The van der Waals surface area contributed by atoms with Gasteiger partial charge < -0.3 is 10.4 Å². The van der Waals surface area contributed by atoms with Crippen molar-refractivity contribution in [1.82, 2.24) is 0 Å². The third-order valence-corrected chi connectivity index (χ3v) is 0.151. The molecule has 2 N–H and O–H groups in total. The Hall–Kier alpha value is -0.595. The van der Waals surface area contributed by atoms with Gasteiger partial charge in [-0.15, -0.1) is 0 Å². The summed E-state index contributed by atoms with van der Waals surface area (Å²) in [4.78, 5) is 0. The minimum absolute atomic E-state index is 0.0324. The lowest BCUT2D eigenvalue weighted by molar-refractivity contribution is 0.467. The SMILES string of the molecule is [B]OC(=C)N. The fourth-order valence-electron chi connectivity index (χ4n) is 0. The van der Waals surface area contributed by atoms with Crippen LogP contribution in [0.5, 0.6) is 0 Å². The molecule has 0 unspecified atom stereocenters. The Morgan fingerprint density at radius 3 is 2.20 bits per heavy atom. The topological polar surface area (TPSA) is 35.2 Å². The molecule has 0 aliphatic heterocycles. The highest BCUT2D eigenvalue weighted by atomic mass is 16.4. The molecular formula is C2H4BNO. The Balaban J connectivity index is 2.85. The van der Waals surface area contributed by atoms with Gasteiger partial charge in [0.25, 0.3) is 0 Å². The van der Waals surface area contributed by atoms with Gasteiger partial charge in [-0.05, 0) is 6.58 Å². The van der Waals surface area contributed by atoms with Crippen molar-refractivity contribution in [2.24, 2.45) is 5.73 Å². The fourth-order valence-corrected chi connectivity index (χ4v) is 0. The standard InChI is InChI=1S/C2H4BNO/c1-2(4)5-3/h1,4H2. The van der Waals surface area contributed by atoms with Gasteiger partial charge in [0.1, 0.15) is 0 Å². The first-order valence-electron chi connectivity index (χ1n) is 1.08. The van der Waals surface area contributed by atoms with Crippen LogP contribution in [0.2, 0.25) is 0 Å². The van der Waals surface area contributed by atoms with Gasteiger partial charge in [0.15, 0.2) is 5.88 Å². The van der Waals surface area contributed by atoms with Crippen molar-refractivity contribution in [3.8, 4) is 0 Å². The first kappa shape index (κ1) is 4.40. The van der Waals surface area contributed by atoms with Crippen LogP contribution in [-0.2, 0) is 4.65 Å². The van der Waals surface area contributed by atoms with Crippen LogP contribution in [0, 0.1) is 0 Å². The zero-order valence-electron chi connectivity index (χ0n) is 2.77. The molecular weight excluding hydrogens is 64.8 g/mol. The Labute approximate surface area is 32.1 Å². The van der Waals surface area contributed by atoms with Gasteiger partial charge in [0, 0.05) is 0 Å². The summed E-state index contributed by atoms with van der Waals surface area (Å²) >= 11 is 0. The molecule has 26 valence electrons. The summed E-state index contributed by atoms with van der Waals surface area (Å²) in [6.45, 7) is 3.10. The number of nitrogens with two attached hydrogens (primary N) is 1. The van der Waals surface area contributed by atoms with Gasteiger partial charge in [-0.3, -0.25) is 0 Å². The lowest BCUT2D eigenvalue weighted by Gasteiger charge is -1.89. The molecule has 0 aromatic carbocycles. The van der Waals surface area contributed by atoms with E-state index in [4.69, 9.17) is 5.73 Å². The molecule has 3 heteroatoms. The van der Waals surface area contributed by atoms with E-state index in [0.29, 0.717) is 0 Å². The van der Waals surface area contributed by atoms with Gasteiger partial charge >= 0.3 is 8.05 Å².